The first-order valence-electron chi connectivity index (χ1n) is 8.78. The molecule has 4 atom stereocenters. The lowest BCUT2D eigenvalue weighted by molar-refractivity contribution is -0.0597. The van der Waals surface area contributed by atoms with Crippen molar-refractivity contribution in [3.8, 4) is 0 Å². The minimum Gasteiger partial charge on any atom is -0.0993 e. The summed E-state index contributed by atoms with van der Waals surface area (Å²) < 4.78 is 0. The highest BCUT2D eigenvalue weighted by Gasteiger charge is 2.53. The second-order valence-corrected chi connectivity index (χ2v) is 9.47. The largest absolute Gasteiger partial charge is 0.0993 e. The van der Waals surface area contributed by atoms with Crippen LogP contribution in [0.3, 0.4) is 0 Å². The van der Waals surface area contributed by atoms with Gasteiger partial charge in [0.25, 0.3) is 0 Å². The maximum absolute atomic E-state index is 4.47. The molecule has 0 aromatic carbocycles. The highest BCUT2D eigenvalue weighted by molar-refractivity contribution is 5.19. The lowest BCUT2D eigenvalue weighted by atomic mass is 9.46. The van der Waals surface area contributed by atoms with Crippen LogP contribution in [0.4, 0.5) is 0 Å². The van der Waals surface area contributed by atoms with Crippen molar-refractivity contribution in [2.75, 3.05) is 0 Å². The Morgan fingerprint density at radius 1 is 1.20 bits per heavy atom. The SMILES string of the molecule is C=C1CCCC2C1(C)CCC(C)C2(C)CCC(C)(C)C. The standard InChI is InChI=1S/C20H36/c1-15-9-8-10-17-19(15,6)12-11-16(2)20(17,7)14-13-18(3,4)5/h16-17H,1,8-14H2,2-7H3. The third-order valence-electron chi connectivity index (χ3n) is 6.98. The number of rotatable bonds is 2. The van der Waals surface area contributed by atoms with Crippen LogP contribution in [-0.4, -0.2) is 0 Å². The summed E-state index contributed by atoms with van der Waals surface area (Å²) in [5.74, 6) is 1.73. The van der Waals surface area contributed by atoms with Crippen molar-refractivity contribution in [2.45, 2.75) is 86.5 Å². The maximum atomic E-state index is 4.47. The molecule has 0 spiro atoms. The van der Waals surface area contributed by atoms with Crippen molar-refractivity contribution in [1.29, 1.82) is 0 Å². The zero-order valence-electron chi connectivity index (χ0n) is 14.8. The molecule has 0 aromatic rings. The molecule has 4 unspecified atom stereocenters. The van der Waals surface area contributed by atoms with Gasteiger partial charge in [-0.2, -0.15) is 0 Å². The smallest absolute Gasteiger partial charge is 0.00854 e. The van der Waals surface area contributed by atoms with Gasteiger partial charge < -0.3 is 0 Å². The summed E-state index contributed by atoms with van der Waals surface area (Å²) in [5, 5.41) is 0. The van der Waals surface area contributed by atoms with Crippen LogP contribution in [0, 0.1) is 28.1 Å². The van der Waals surface area contributed by atoms with Gasteiger partial charge in [-0.05, 0) is 73.0 Å². The summed E-state index contributed by atoms with van der Waals surface area (Å²) >= 11 is 0. The highest BCUT2D eigenvalue weighted by Crippen LogP contribution is 2.63. The predicted octanol–water partition coefficient (Wildman–Crippen LogP) is 6.61. The molecule has 0 amide bonds. The minimum absolute atomic E-state index is 0.428. The van der Waals surface area contributed by atoms with Gasteiger partial charge in [0.15, 0.2) is 0 Å². The van der Waals surface area contributed by atoms with E-state index in [1.165, 1.54) is 44.9 Å². The molecule has 0 heterocycles. The van der Waals surface area contributed by atoms with Gasteiger partial charge in [-0.1, -0.05) is 53.7 Å². The Labute approximate surface area is 127 Å². The Morgan fingerprint density at radius 3 is 2.45 bits per heavy atom. The fourth-order valence-electron chi connectivity index (χ4n) is 5.03. The first-order chi connectivity index (χ1) is 9.09. The normalized spacial score (nSPS) is 42.4. The van der Waals surface area contributed by atoms with E-state index in [4.69, 9.17) is 0 Å². The van der Waals surface area contributed by atoms with Crippen molar-refractivity contribution < 1.29 is 0 Å². The van der Waals surface area contributed by atoms with Gasteiger partial charge in [-0.25, -0.2) is 0 Å². The van der Waals surface area contributed by atoms with E-state index in [1.807, 2.05) is 0 Å². The molecule has 116 valence electrons. The number of fused-ring (bicyclic) bond motifs is 1. The molecule has 0 bridgehead atoms. The van der Waals surface area contributed by atoms with E-state index < -0.39 is 0 Å². The molecule has 2 rings (SSSR count). The molecule has 0 radical (unpaired) electrons. The third kappa shape index (κ3) is 2.72. The lowest BCUT2D eigenvalue weighted by Crippen LogP contribution is -2.50. The highest BCUT2D eigenvalue weighted by atomic mass is 14.6. The molecule has 0 nitrogen and oxygen atoms in total. The van der Waals surface area contributed by atoms with Gasteiger partial charge in [0.2, 0.25) is 0 Å². The fraction of sp³-hybridized carbons (Fsp3) is 0.900. The second kappa shape index (κ2) is 5.18. The predicted molar refractivity (Wildman–Crippen MR) is 89.8 cm³/mol. The Kier molecular flexibility index (Phi) is 4.17. The van der Waals surface area contributed by atoms with Crippen LogP contribution in [0.1, 0.15) is 86.5 Å². The molecule has 0 saturated heterocycles. The molecule has 0 N–H and O–H groups in total. The first-order valence-corrected chi connectivity index (χ1v) is 8.78. The van der Waals surface area contributed by atoms with Gasteiger partial charge in [0.05, 0.1) is 0 Å². The van der Waals surface area contributed by atoms with E-state index in [1.54, 1.807) is 5.57 Å². The van der Waals surface area contributed by atoms with Crippen LogP contribution < -0.4 is 0 Å². The molecule has 2 saturated carbocycles. The monoisotopic (exact) mass is 276 g/mol. The molecule has 2 aliphatic carbocycles. The van der Waals surface area contributed by atoms with E-state index in [-0.39, 0.29) is 0 Å². The molecule has 20 heavy (non-hydrogen) atoms. The minimum atomic E-state index is 0.428. The summed E-state index contributed by atoms with van der Waals surface area (Å²) in [6.45, 7) is 19.3. The molecule has 2 fully saturated rings. The van der Waals surface area contributed by atoms with Crippen LogP contribution in [-0.2, 0) is 0 Å². The van der Waals surface area contributed by atoms with Gasteiger partial charge in [-0.15, -0.1) is 0 Å². The van der Waals surface area contributed by atoms with Crippen LogP contribution in [0.15, 0.2) is 12.2 Å². The molecular weight excluding hydrogens is 240 g/mol. The van der Waals surface area contributed by atoms with Crippen LogP contribution in [0.5, 0.6) is 0 Å². The van der Waals surface area contributed by atoms with Crippen molar-refractivity contribution in [1.82, 2.24) is 0 Å². The van der Waals surface area contributed by atoms with E-state index in [0.717, 1.165) is 11.8 Å². The zero-order valence-corrected chi connectivity index (χ0v) is 14.8. The van der Waals surface area contributed by atoms with Gasteiger partial charge in [0, 0.05) is 0 Å². The van der Waals surface area contributed by atoms with E-state index >= 15 is 0 Å². The van der Waals surface area contributed by atoms with Crippen molar-refractivity contribution in [3.05, 3.63) is 12.2 Å². The topological polar surface area (TPSA) is 0 Å². The van der Waals surface area contributed by atoms with Gasteiger partial charge >= 0.3 is 0 Å². The molecule has 0 aliphatic heterocycles. The Bertz CT molecular complexity index is 372. The molecular formula is C20H36. The Balaban J connectivity index is 2.26. The lowest BCUT2D eigenvalue weighted by Gasteiger charge is -2.59. The Hall–Kier alpha value is -0.260. The quantitative estimate of drug-likeness (QED) is 0.498. The average Bonchev–Trinajstić information content (AvgIpc) is 2.34. The van der Waals surface area contributed by atoms with Crippen molar-refractivity contribution >= 4 is 0 Å². The number of allylic oxidation sites excluding steroid dienone is 1. The van der Waals surface area contributed by atoms with Crippen LogP contribution in [0.2, 0.25) is 0 Å². The van der Waals surface area contributed by atoms with E-state index in [0.29, 0.717) is 16.2 Å². The summed E-state index contributed by atoms with van der Waals surface area (Å²) in [5.41, 5.74) is 2.96. The third-order valence-corrected chi connectivity index (χ3v) is 6.98. The molecule has 0 heteroatoms. The van der Waals surface area contributed by atoms with Crippen LogP contribution >= 0.6 is 0 Å². The average molecular weight is 277 g/mol. The van der Waals surface area contributed by atoms with Crippen molar-refractivity contribution in [2.24, 2.45) is 28.1 Å². The zero-order chi connectivity index (χ0) is 15.2. The van der Waals surface area contributed by atoms with E-state index in [2.05, 4.69) is 48.1 Å². The summed E-state index contributed by atoms with van der Waals surface area (Å²) in [6, 6.07) is 0. The second-order valence-electron chi connectivity index (χ2n) is 9.47. The van der Waals surface area contributed by atoms with Crippen molar-refractivity contribution in [3.63, 3.8) is 0 Å². The number of hydrogen-bond donors (Lipinski definition) is 0. The van der Waals surface area contributed by atoms with Gasteiger partial charge in [-0.3, -0.25) is 0 Å². The summed E-state index contributed by atoms with van der Waals surface area (Å²) in [6.07, 6.45) is 9.60. The first kappa shape index (κ1) is 16.1. The Morgan fingerprint density at radius 2 is 1.85 bits per heavy atom. The molecule has 2 aliphatic rings. The van der Waals surface area contributed by atoms with Gasteiger partial charge in [0.1, 0.15) is 0 Å². The summed E-state index contributed by atoms with van der Waals surface area (Å²) in [4.78, 5) is 0. The number of hydrogen-bond acceptors (Lipinski definition) is 0. The molecule has 0 aromatic heterocycles. The summed E-state index contributed by atoms with van der Waals surface area (Å²) in [7, 11) is 0. The van der Waals surface area contributed by atoms with E-state index in [9.17, 15) is 0 Å². The van der Waals surface area contributed by atoms with Crippen LogP contribution in [0.25, 0.3) is 0 Å². The maximum Gasteiger partial charge on any atom is -0.00854 e. The fourth-order valence-corrected chi connectivity index (χ4v) is 5.03.